The minimum atomic E-state index is -1.19. The second-order valence-corrected chi connectivity index (χ2v) is 7.17. The van der Waals surface area contributed by atoms with E-state index in [0.29, 0.717) is 32.4 Å². The highest BCUT2D eigenvalue weighted by Crippen LogP contribution is 2.20. The van der Waals surface area contributed by atoms with Crippen LogP contribution in [0.5, 0.6) is 0 Å². The van der Waals surface area contributed by atoms with E-state index in [0.717, 1.165) is 23.5 Å². The van der Waals surface area contributed by atoms with E-state index in [1.165, 1.54) is 11.3 Å². The van der Waals surface area contributed by atoms with E-state index in [1.54, 1.807) is 12.3 Å². The van der Waals surface area contributed by atoms with Crippen LogP contribution in [0, 0.1) is 0 Å². The summed E-state index contributed by atoms with van der Waals surface area (Å²) in [6, 6.07) is 9.76. The number of benzene rings is 1. The Labute approximate surface area is 170 Å². The summed E-state index contributed by atoms with van der Waals surface area (Å²) in [7, 11) is 0. The van der Waals surface area contributed by atoms with E-state index < -0.39 is 12.2 Å². The van der Waals surface area contributed by atoms with E-state index >= 15 is 0 Å². The van der Waals surface area contributed by atoms with Crippen LogP contribution in [0.4, 0.5) is 4.79 Å². The van der Waals surface area contributed by atoms with E-state index in [2.05, 4.69) is 0 Å². The molecule has 0 bridgehead atoms. The van der Waals surface area contributed by atoms with Crippen molar-refractivity contribution in [1.82, 2.24) is 15.0 Å². The molecule has 0 aromatic heterocycles. The first-order chi connectivity index (χ1) is 14.0. The minimum Gasteiger partial charge on any atom is -0.463 e. The Bertz CT molecular complexity index is 752. The van der Waals surface area contributed by atoms with Gasteiger partial charge in [-0.05, 0) is 24.8 Å². The SMILES string of the molecule is O=C(O)N1C=CN(CCCN2C(=O)CCC[C@@H]2C=C[C@@H](O)Cc2ccccc2)O1. The number of likely N-dealkylation sites (tertiary alicyclic amines) is 1. The smallest absolute Gasteiger partial charge is 0.437 e. The first kappa shape index (κ1) is 20.9. The second kappa shape index (κ2) is 10.1. The Kier molecular flexibility index (Phi) is 7.26. The number of nitrogens with zero attached hydrogens (tertiary/aromatic N) is 3. The van der Waals surface area contributed by atoms with Crippen LogP contribution in [-0.2, 0) is 16.2 Å². The van der Waals surface area contributed by atoms with Crippen LogP contribution in [0.15, 0.2) is 54.9 Å². The quantitative estimate of drug-likeness (QED) is 0.650. The van der Waals surface area contributed by atoms with Gasteiger partial charge >= 0.3 is 6.09 Å². The molecular formula is C21H27N3O5. The van der Waals surface area contributed by atoms with E-state index in [1.807, 2.05) is 41.3 Å². The number of hydrogen-bond acceptors (Lipinski definition) is 5. The van der Waals surface area contributed by atoms with Crippen molar-refractivity contribution in [1.29, 1.82) is 0 Å². The van der Waals surface area contributed by atoms with Crippen LogP contribution in [0.1, 0.15) is 31.2 Å². The molecule has 8 nitrogen and oxygen atoms in total. The zero-order valence-corrected chi connectivity index (χ0v) is 16.3. The van der Waals surface area contributed by atoms with Gasteiger partial charge < -0.3 is 15.1 Å². The lowest BCUT2D eigenvalue weighted by Crippen LogP contribution is -2.43. The van der Waals surface area contributed by atoms with Gasteiger partial charge in [0.2, 0.25) is 5.91 Å². The number of carbonyl (C=O) groups is 2. The van der Waals surface area contributed by atoms with Crippen LogP contribution in [0.2, 0.25) is 0 Å². The summed E-state index contributed by atoms with van der Waals surface area (Å²) in [5.41, 5.74) is 1.07. The topological polar surface area (TPSA) is 93.6 Å². The molecule has 1 aromatic rings. The number of amides is 2. The maximum absolute atomic E-state index is 12.4. The summed E-state index contributed by atoms with van der Waals surface area (Å²) in [6.07, 6.45) is 8.22. The van der Waals surface area contributed by atoms with Crippen molar-refractivity contribution in [2.45, 2.75) is 44.2 Å². The first-order valence-electron chi connectivity index (χ1n) is 9.88. The standard InChI is InChI=1S/C21H27N3O5/c25-19(16-17-6-2-1-3-7-17)11-10-18-8-4-9-20(26)23(18)13-5-12-22-14-15-24(29-22)21(27)28/h1-3,6-7,10-11,14-15,18-19,25H,4-5,8-9,12-13,16H2,(H,27,28)/t18-,19-/m1/s1. The molecule has 0 aliphatic carbocycles. The van der Waals surface area contributed by atoms with Gasteiger partial charge in [0.25, 0.3) is 0 Å². The van der Waals surface area contributed by atoms with E-state index in [4.69, 9.17) is 10.0 Å². The number of aliphatic hydroxyl groups excluding tert-OH is 1. The number of carboxylic acid groups (broad SMARTS) is 1. The molecule has 3 rings (SSSR count). The van der Waals surface area contributed by atoms with Gasteiger partial charge in [-0.25, -0.2) is 9.86 Å². The fourth-order valence-corrected chi connectivity index (χ4v) is 3.53. The number of hydrogen-bond donors (Lipinski definition) is 2. The normalized spacial score (nSPS) is 20.7. The summed E-state index contributed by atoms with van der Waals surface area (Å²) in [4.78, 5) is 30.2. The van der Waals surface area contributed by atoms with E-state index in [9.17, 15) is 14.7 Å². The van der Waals surface area contributed by atoms with Crippen molar-refractivity contribution in [2.75, 3.05) is 13.1 Å². The van der Waals surface area contributed by atoms with Gasteiger partial charge in [0.1, 0.15) is 0 Å². The summed E-state index contributed by atoms with van der Waals surface area (Å²) in [6.45, 7) is 1.01. The molecule has 2 aliphatic rings. The summed E-state index contributed by atoms with van der Waals surface area (Å²) >= 11 is 0. The zero-order chi connectivity index (χ0) is 20.6. The Morgan fingerprint density at radius 1 is 1.24 bits per heavy atom. The molecule has 8 heteroatoms. The third-order valence-corrected chi connectivity index (χ3v) is 4.98. The number of carbonyl (C=O) groups excluding carboxylic acids is 1. The first-order valence-corrected chi connectivity index (χ1v) is 9.88. The Morgan fingerprint density at radius 2 is 2.03 bits per heavy atom. The van der Waals surface area contributed by atoms with Crippen molar-refractivity contribution in [3.05, 3.63) is 60.4 Å². The lowest BCUT2D eigenvalue weighted by Gasteiger charge is -2.34. The highest BCUT2D eigenvalue weighted by atomic mass is 16.9. The molecule has 2 amide bonds. The van der Waals surface area contributed by atoms with Crippen LogP contribution in [0.25, 0.3) is 0 Å². The van der Waals surface area contributed by atoms with E-state index in [-0.39, 0.29) is 11.9 Å². The molecule has 156 valence electrons. The summed E-state index contributed by atoms with van der Waals surface area (Å²) in [5, 5.41) is 21.3. The number of piperidine rings is 1. The van der Waals surface area contributed by atoms with Gasteiger partial charge in [-0.15, -0.1) is 10.0 Å². The fourth-order valence-electron chi connectivity index (χ4n) is 3.53. The Hall–Kier alpha value is -2.84. The molecule has 2 aliphatic heterocycles. The van der Waals surface area contributed by atoms with Gasteiger partial charge in [0.15, 0.2) is 0 Å². The molecule has 1 fully saturated rings. The molecule has 29 heavy (non-hydrogen) atoms. The number of hydroxylamine groups is 4. The van der Waals surface area contributed by atoms with Crippen molar-refractivity contribution in [3.63, 3.8) is 0 Å². The van der Waals surface area contributed by atoms with Crippen LogP contribution < -0.4 is 0 Å². The van der Waals surface area contributed by atoms with Crippen molar-refractivity contribution < 1.29 is 24.7 Å². The van der Waals surface area contributed by atoms with Crippen LogP contribution in [0.3, 0.4) is 0 Å². The molecule has 2 heterocycles. The maximum atomic E-state index is 12.4. The van der Waals surface area contributed by atoms with Crippen LogP contribution >= 0.6 is 0 Å². The summed E-state index contributed by atoms with van der Waals surface area (Å²) < 4.78 is 0. The molecule has 2 atom stereocenters. The van der Waals surface area contributed by atoms with Crippen molar-refractivity contribution >= 4 is 12.0 Å². The molecule has 0 saturated carbocycles. The molecule has 2 N–H and O–H groups in total. The maximum Gasteiger partial charge on any atom is 0.437 e. The minimum absolute atomic E-state index is 0.0350. The molecule has 0 radical (unpaired) electrons. The second-order valence-electron chi connectivity index (χ2n) is 7.17. The predicted molar refractivity (Wildman–Crippen MR) is 106 cm³/mol. The molecule has 1 aromatic carbocycles. The third-order valence-electron chi connectivity index (χ3n) is 4.98. The number of rotatable bonds is 8. The summed E-state index contributed by atoms with van der Waals surface area (Å²) in [5.74, 6) is 0.105. The molecule has 0 unspecified atom stereocenters. The molecular weight excluding hydrogens is 374 g/mol. The predicted octanol–water partition coefficient (Wildman–Crippen LogP) is 2.53. The van der Waals surface area contributed by atoms with Gasteiger partial charge in [-0.3, -0.25) is 4.79 Å². The average molecular weight is 401 g/mol. The van der Waals surface area contributed by atoms with Gasteiger partial charge in [-0.2, -0.15) is 0 Å². The van der Waals surface area contributed by atoms with Crippen LogP contribution in [-0.4, -0.2) is 62.5 Å². The zero-order valence-electron chi connectivity index (χ0n) is 16.3. The fraction of sp³-hybridized carbons (Fsp3) is 0.429. The van der Waals surface area contributed by atoms with Crippen molar-refractivity contribution in [3.8, 4) is 0 Å². The Balaban J connectivity index is 1.49. The molecule has 1 saturated heterocycles. The number of aliphatic hydroxyl groups is 1. The molecule has 0 spiro atoms. The van der Waals surface area contributed by atoms with Gasteiger partial charge in [-0.1, -0.05) is 42.5 Å². The lowest BCUT2D eigenvalue weighted by molar-refractivity contribution is -0.237. The van der Waals surface area contributed by atoms with Crippen molar-refractivity contribution in [2.24, 2.45) is 0 Å². The van der Waals surface area contributed by atoms with Gasteiger partial charge in [0, 0.05) is 32.1 Å². The lowest BCUT2D eigenvalue weighted by atomic mass is 9.99. The average Bonchev–Trinajstić information content (AvgIpc) is 3.18. The van der Waals surface area contributed by atoms with Gasteiger partial charge in [0.05, 0.1) is 18.3 Å². The Morgan fingerprint density at radius 3 is 2.76 bits per heavy atom. The highest BCUT2D eigenvalue weighted by molar-refractivity contribution is 5.77. The largest absolute Gasteiger partial charge is 0.463 e. The monoisotopic (exact) mass is 401 g/mol. The third kappa shape index (κ3) is 6.07. The highest BCUT2D eigenvalue weighted by Gasteiger charge is 2.26.